The average molecular weight is 502 g/mol. The molecular weight excluding hydrogens is 472 g/mol. The minimum atomic E-state index is -4.08. The van der Waals surface area contributed by atoms with Gasteiger partial charge in [0.05, 0.1) is 12.3 Å². The van der Waals surface area contributed by atoms with Gasteiger partial charge >= 0.3 is 6.18 Å². The number of likely N-dealkylation sites (tertiary alicyclic amines) is 1. The molecule has 1 saturated heterocycles. The van der Waals surface area contributed by atoms with Crippen LogP contribution >= 0.6 is 24.0 Å². The molecule has 5 nitrogen and oxygen atoms in total. The Labute approximate surface area is 176 Å². The Kier molecular flexibility index (Phi) is 11.1. The van der Waals surface area contributed by atoms with Gasteiger partial charge in [0.25, 0.3) is 0 Å². The van der Waals surface area contributed by atoms with Gasteiger partial charge in [0.15, 0.2) is 5.96 Å². The molecule has 0 bridgehead atoms. The van der Waals surface area contributed by atoms with Gasteiger partial charge in [-0.25, -0.2) is 0 Å². The molecule has 2 rings (SSSR count). The van der Waals surface area contributed by atoms with Crippen molar-refractivity contribution >= 4 is 29.9 Å². The summed E-state index contributed by atoms with van der Waals surface area (Å²) in [5, 5.41) is 6.36. The highest BCUT2D eigenvalue weighted by molar-refractivity contribution is 14.0. The van der Waals surface area contributed by atoms with Crippen LogP contribution in [0.3, 0.4) is 0 Å². The smallest absolute Gasteiger partial charge is 0.389 e. The van der Waals surface area contributed by atoms with Gasteiger partial charge < -0.3 is 15.1 Å². The second-order valence-electron chi connectivity index (χ2n) is 6.58. The van der Waals surface area contributed by atoms with Gasteiger partial charge in [-0.3, -0.25) is 9.89 Å². The molecule has 0 aliphatic carbocycles. The fraction of sp³-hybridized carbons (Fsp3) is 0.722. The summed E-state index contributed by atoms with van der Waals surface area (Å²) in [4.78, 5) is 6.56. The third-order valence-electron chi connectivity index (χ3n) is 4.57. The van der Waals surface area contributed by atoms with Gasteiger partial charge in [-0.1, -0.05) is 6.42 Å². The second-order valence-corrected chi connectivity index (χ2v) is 6.58. The summed E-state index contributed by atoms with van der Waals surface area (Å²) in [6.45, 7) is 3.17. The summed E-state index contributed by atoms with van der Waals surface area (Å²) in [5.74, 6) is 1.52. The van der Waals surface area contributed by atoms with Gasteiger partial charge in [-0.05, 0) is 50.9 Å². The second kappa shape index (κ2) is 12.5. The number of hydrogen-bond acceptors (Lipinski definition) is 3. The van der Waals surface area contributed by atoms with Gasteiger partial charge in [0, 0.05) is 26.6 Å². The minimum Gasteiger partial charge on any atom is -0.468 e. The molecule has 1 aromatic rings. The number of unbranched alkanes of at least 4 members (excludes halogenated alkanes) is 1. The van der Waals surface area contributed by atoms with Crippen molar-refractivity contribution in [1.82, 2.24) is 15.5 Å². The number of furan rings is 1. The number of hydrogen-bond donors (Lipinski definition) is 2. The number of guanidine groups is 1. The summed E-state index contributed by atoms with van der Waals surface area (Å²) in [5.41, 5.74) is 0. The van der Waals surface area contributed by atoms with E-state index in [1.165, 1.54) is 19.3 Å². The maximum Gasteiger partial charge on any atom is 0.389 e. The summed E-state index contributed by atoms with van der Waals surface area (Å²) in [7, 11) is 1.66. The Morgan fingerprint density at radius 3 is 2.56 bits per heavy atom. The summed E-state index contributed by atoms with van der Waals surface area (Å²) < 4.78 is 42.1. The Bertz CT molecular complexity index is 531. The molecule has 1 aliphatic rings. The fourth-order valence-electron chi connectivity index (χ4n) is 3.19. The molecule has 0 radical (unpaired) electrons. The molecular formula is C18H30F3IN4O. The van der Waals surface area contributed by atoms with Crippen LogP contribution in [-0.2, 0) is 0 Å². The third kappa shape index (κ3) is 9.18. The third-order valence-corrected chi connectivity index (χ3v) is 4.57. The van der Waals surface area contributed by atoms with Gasteiger partial charge in [0.1, 0.15) is 5.76 Å². The van der Waals surface area contributed by atoms with Gasteiger partial charge in [-0.2, -0.15) is 13.2 Å². The van der Waals surface area contributed by atoms with Crippen LogP contribution in [0.15, 0.2) is 27.8 Å². The van der Waals surface area contributed by atoms with Crippen molar-refractivity contribution in [2.75, 3.05) is 33.2 Å². The minimum absolute atomic E-state index is 0. The molecule has 9 heteroatoms. The number of nitrogens with one attached hydrogen (secondary N) is 2. The number of alkyl halides is 3. The molecule has 0 saturated carbocycles. The zero-order valence-electron chi connectivity index (χ0n) is 15.7. The van der Waals surface area contributed by atoms with E-state index >= 15 is 0 Å². The lowest BCUT2D eigenvalue weighted by molar-refractivity contribution is -0.135. The van der Waals surface area contributed by atoms with E-state index in [-0.39, 0.29) is 36.4 Å². The summed E-state index contributed by atoms with van der Waals surface area (Å²) >= 11 is 0. The number of halogens is 4. The standard InChI is InChI=1S/C18H29F3N4O.HI/c1-22-17(23-10-4-3-9-18(19,20)21)24-14-15(16-8-7-13-26-16)25-11-5-2-6-12-25;/h7-8,13,15H,2-6,9-12,14H2,1H3,(H2,22,23,24);1H. The van der Waals surface area contributed by atoms with E-state index in [9.17, 15) is 13.2 Å². The number of rotatable bonds is 8. The highest BCUT2D eigenvalue weighted by Gasteiger charge is 2.26. The van der Waals surface area contributed by atoms with Crippen LogP contribution in [0.1, 0.15) is 50.3 Å². The zero-order chi connectivity index (χ0) is 18.8. The maximum absolute atomic E-state index is 12.2. The van der Waals surface area contributed by atoms with E-state index in [0.717, 1.165) is 18.8 Å². The molecule has 1 aromatic heterocycles. The Hall–Kier alpha value is -0.970. The fourth-order valence-corrected chi connectivity index (χ4v) is 3.19. The Morgan fingerprint density at radius 1 is 1.22 bits per heavy atom. The normalized spacial score (nSPS) is 17.3. The monoisotopic (exact) mass is 502 g/mol. The maximum atomic E-state index is 12.2. The van der Waals surface area contributed by atoms with Crippen LogP contribution in [0.5, 0.6) is 0 Å². The van der Waals surface area contributed by atoms with Crippen molar-refractivity contribution in [2.45, 2.75) is 50.7 Å². The zero-order valence-corrected chi connectivity index (χ0v) is 18.1. The average Bonchev–Trinajstić information content (AvgIpc) is 3.14. The van der Waals surface area contributed by atoms with Gasteiger partial charge in [-0.15, -0.1) is 24.0 Å². The SMILES string of the molecule is CN=C(NCCCCC(F)(F)F)NCC(c1ccco1)N1CCCCC1.I. The van der Waals surface area contributed by atoms with Crippen molar-refractivity contribution in [3.05, 3.63) is 24.2 Å². The first-order chi connectivity index (χ1) is 12.5. The van der Waals surface area contributed by atoms with Crippen LogP contribution in [0, 0.1) is 0 Å². The highest BCUT2D eigenvalue weighted by Crippen LogP contribution is 2.24. The van der Waals surface area contributed by atoms with Crippen molar-refractivity contribution in [3.63, 3.8) is 0 Å². The first-order valence-corrected chi connectivity index (χ1v) is 9.28. The quantitative estimate of drug-likeness (QED) is 0.241. The summed E-state index contributed by atoms with van der Waals surface area (Å²) in [6, 6.07) is 3.99. The van der Waals surface area contributed by atoms with Crippen LogP contribution in [0.4, 0.5) is 13.2 Å². The Morgan fingerprint density at radius 2 is 1.96 bits per heavy atom. The molecule has 1 unspecified atom stereocenters. The molecule has 0 aromatic carbocycles. The van der Waals surface area contributed by atoms with Gasteiger partial charge in [0.2, 0.25) is 0 Å². The van der Waals surface area contributed by atoms with Crippen LogP contribution in [0.2, 0.25) is 0 Å². The van der Waals surface area contributed by atoms with Crippen molar-refractivity contribution in [3.8, 4) is 0 Å². The molecule has 0 amide bonds. The Balaban J connectivity index is 0.00000364. The van der Waals surface area contributed by atoms with E-state index in [1.54, 1.807) is 13.3 Å². The first-order valence-electron chi connectivity index (χ1n) is 9.28. The van der Waals surface area contributed by atoms with Crippen LogP contribution < -0.4 is 10.6 Å². The molecule has 2 N–H and O–H groups in total. The highest BCUT2D eigenvalue weighted by atomic mass is 127. The van der Waals surface area contributed by atoms with Crippen molar-refractivity contribution in [2.24, 2.45) is 4.99 Å². The molecule has 2 heterocycles. The molecule has 156 valence electrons. The molecule has 1 aliphatic heterocycles. The van der Waals surface area contributed by atoms with E-state index in [0.29, 0.717) is 25.5 Å². The van der Waals surface area contributed by atoms with E-state index in [4.69, 9.17) is 4.42 Å². The lowest BCUT2D eigenvalue weighted by Crippen LogP contribution is -2.44. The predicted molar refractivity (Wildman–Crippen MR) is 112 cm³/mol. The summed E-state index contributed by atoms with van der Waals surface area (Å²) in [6.07, 6.45) is 1.06. The van der Waals surface area contributed by atoms with Crippen molar-refractivity contribution in [1.29, 1.82) is 0 Å². The first kappa shape index (κ1) is 24.1. The molecule has 0 spiro atoms. The molecule has 27 heavy (non-hydrogen) atoms. The van der Waals surface area contributed by atoms with E-state index in [2.05, 4.69) is 20.5 Å². The largest absolute Gasteiger partial charge is 0.468 e. The lowest BCUT2D eigenvalue weighted by atomic mass is 10.1. The number of piperidine rings is 1. The van der Waals surface area contributed by atoms with Crippen molar-refractivity contribution < 1.29 is 17.6 Å². The lowest BCUT2D eigenvalue weighted by Gasteiger charge is -2.33. The number of nitrogens with zero attached hydrogens (tertiary/aromatic N) is 2. The van der Waals surface area contributed by atoms with Crippen LogP contribution in [-0.4, -0.2) is 50.3 Å². The number of aliphatic imine (C=N–C) groups is 1. The molecule has 1 atom stereocenters. The topological polar surface area (TPSA) is 52.8 Å². The van der Waals surface area contributed by atoms with E-state index in [1.807, 2.05) is 12.1 Å². The predicted octanol–water partition coefficient (Wildman–Crippen LogP) is 4.32. The molecule has 1 fully saturated rings. The van der Waals surface area contributed by atoms with E-state index < -0.39 is 12.6 Å². The van der Waals surface area contributed by atoms with Crippen LogP contribution in [0.25, 0.3) is 0 Å².